The van der Waals surface area contributed by atoms with E-state index in [0.717, 1.165) is 5.56 Å². The van der Waals surface area contributed by atoms with E-state index in [0.29, 0.717) is 13.0 Å². The SMILES string of the molecule is CC(C)(C)N1C[C@@H](O)C[C@@]1(C[C@@H](O)[C@@H](N)Cc1ccccc1)C(N)=O. The number of amides is 1. The van der Waals surface area contributed by atoms with Gasteiger partial charge in [0.25, 0.3) is 0 Å². The van der Waals surface area contributed by atoms with Gasteiger partial charge in [0.1, 0.15) is 5.54 Å². The zero-order valence-corrected chi connectivity index (χ0v) is 15.4. The van der Waals surface area contributed by atoms with E-state index >= 15 is 0 Å². The summed E-state index contributed by atoms with van der Waals surface area (Å²) in [5.41, 5.74) is 11.5. The zero-order valence-electron chi connectivity index (χ0n) is 15.4. The second-order valence-electron chi connectivity index (χ2n) is 8.16. The molecule has 25 heavy (non-hydrogen) atoms. The third-order valence-electron chi connectivity index (χ3n) is 5.11. The predicted molar refractivity (Wildman–Crippen MR) is 97.8 cm³/mol. The second kappa shape index (κ2) is 7.41. The van der Waals surface area contributed by atoms with Crippen LogP contribution >= 0.6 is 0 Å². The summed E-state index contributed by atoms with van der Waals surface area (Å²) in [6.07, 6.45) is -0.707. The molecule has 1 aliphatic heterocycles. The minimum Gasteiger partial charge on any atom is -0.392 e. The van der Waals surface area contributed by atoms with E-state index in [9.17, 15) is 15.0 Å². The summed E-state index contributed by atoms with van der Waals surface area (Å²) in [5.74, 6) is -0.523. The van der Waals surface area contributed by atoms with Crippen molar-refractivity contribution in [2.45, 2.75) is 69.4 Å². The Bertz CT molecular complexity index is 587. The Morgan fingerprint density at radius 1 is 1.36 bits per heavy atom. The molecule has 1 heterocycles. The van der Waals surface area contributed by atoms with Gasteiger partial charge >= 0.3 is 0 Å². The highest BCUT2D eigenvalue weighted by Gasteiger charge is 2.54. The lowest BCUT2D eigenvalue weighted by Crippen LogP contribution is -2.62. The fourth-order valence-corrected chi connectivity index (χ4v) is 3.91. The summed E-state index contributed by atoms with van der Waals surface area (Å²) in [7, 11) is 0. The quantitative estimate of drug-likeness (QED) is 0.594. The molecule has 0 spiro atoms. The molecule has 1 fully saturated rings. The molecule has 0 radical (unpaired) electrons. The monoisotopic (exact) mass is 349 g/mol. The lowest BCUT2D eigenvalue weighted by Gasteiger charge is -2.45. The number of hydrogen-bond donors (Lipinski definition) is 4. The van der Waals surface area contributed by atoms with Gasteiger partial charge in [-0.1, -0.05) is 30.3 Å². The molecule has 0 aromatic heterocycles. The molecule has 1 aromatic carbocycles. The molecule has 0 aliphatic carbocycles. The van der Waals surface area contributed by atoms with Crippen molar-refractivity contribution in [3.05, 3.63) is 35.9 Å². The highest BCUT2D eigenvalue weighted by molar-refractivity contribution is 5.85. The molecule has 1 aliphatic rings. The summed E-state index contributed by atoms with van der Waals surface area (Å²) in [4.78, 5) is 14.3. The lowest BCUT2D eigenvalue weighted by molar-refractivity contribution is -0.134. The first-order valence-corrected chi connectivity index (χ1v) is 8.79. The van der Waals surface area contributed by atoms with Crippen molar-refractivity contribution >= 4 is 5.91 Å². The van der Waals surface area contributed by atoms with Crippen molar-refractivity contribution in [1.29, 1.82) is 0 Å². The van der Waals surface area contributed by atoms with Gasteiger partial charge in [-0.2, -0.15) is 0 Å². The first-order valence-electron chi connectivity index (χ1n) is 8.79. The number of nitrogens with zero attached hydrogens (tertiary/aromatic N) is 1. The third kappa shape index (κ3) is 4.39. The van der Waals surface area contributed by atoms with Gasteiger partial charge in [-0.3, -0.25) is 9.69 Å². The van der Waals surface area contributed by atoms with Gasteiger partial charge in [0.15, 0.2) is 0 Å². The zero-order chi connectivity index (χ0) is 18.8. The number of carbonyl (C=O) groups excluding carboxylic acids is 1. The highest BCUT2D eigenvalue weighted by atomic mass is 16.3. The topological polar surface area (TPSA) is 113 Å². The van der Waals surface area contributed by atoms with E-state index in [1.54, 1.807) is 0 Å². The molecule has 0 bridgehead atoms. The number of likely N-dealkylation sites (tertiary alicyclic amines) is 1. The van der Waals surface area contributed by atoms with Crippen LogP contribution in [-0.4, -0.2) is 56.9 Å². The first-order chi connectivity index (χ1) is 11.6. The van der Waals surface area contributed by atoms with E-state index in [-0.39, 0.29) is 18.4 Å². The summed E-state index contributed by atoms with van der Waals surface area (Å²) >= 11 is 0. The molecule has 6 nitrogen and oxygen atoms in total. The molecule has 2 rings (SSSR count). The molecular weight excluding hydrogens is 318 g/mol. The van der Waals surface area contributed by atoms with Gasteiger partial charge < -0.3 is 21.7 Å². The van der Waals surface area contributed by atoms with Crippen LogP contribution in [0.25, 0.3) is 0 Å². The molecule has 0 unspecified atom stereocenters. The summed E-state index contributed by atoms with van der Waals surface area (Å²) in [6, 6.07) is 9.17. The van der Waals surface area contributed by atoms with Crippen LogP contribution in [0.15, 0.2) is 30.3 Å². The van der Waals surface area contributed by atoms with E-state index in [2.05, 4.69) is 0 Å². The second-order valence-corrected chi connectivity index (χ2v) is 8.16. The van der Waals surface area contributed by atoms with Gasteiger partial charge in [-0.15, -0.1) is 0 Å². The summed E-state index contributed by atoms with van der Waals surface area (Å²) in [5, 5.41) is 20.9. The number of β-amino-alcohol motifs (C(OH)–C–C–N with tert-alkyl or cyclic N) is 1. The Balaban J connectivity index is 2.19. The largest absolute Gasteiger partial charge is 0.392 e. The van der Waals surface area contributed by atoms with E-state index in [4.69, 9.17) is 11.5 Å². The van der Waals surface area contributed by atoms with E-state index < -0.39 is 29.7 Å². The lowest BCUT2D eigenvalue weighted by atomic mass is 9.82. The number of primary amides is 1. The highest BCUT2D eigenvalue weighted by Crippen LogP contribution is 2.39. The van der Waals surface area contributed by atoms with Gasteiger partial charge in [0.2, 0.25) is 5.91 Å². The molecular formula is C19H31N3O3. The van der Waals surface area contributed by atoms with Gasteiger partial charge in [-0.05, 0) is 32.8 Å². The van der Waals surface area contributed by atoms with Crippen LogP contribution in [0.3, 0.4) is 0 Å². The van der Waals surface area contributed by atoms with Crippen molar-refractivity contribution < 1.29 is 15.0 Å². The normalized spacial score (nSPS) is 27.2. The maximum Gasteiger partial charge on any atom is 0.238 e. The predicted octanol–water partition coefficient (Wildman–Crippen LogP) is 0.397. The third-order valence-corrected chi connectivity index (χ3v) is 5.11. The van der Waals surface area contributed by atoms with Crippen LogP contribution in [0, 0.1) is 0 Å². The summed E-state index contributed by atoms with van der Waals surface area (Å²) < 4.78 is 0. The van der Waals surface area contributed by atoms with Gasteiger partial charge in [0.05, 0.1) is 12.2 Å². The Morgan fingerprint density at radius 3 is 2.48 bits per heavy atom. The van der Waals surface area contributed by atoms with Gasteiger partial charge in [0, 0.05) is 31.0 Å². The maximum atomic E-state index is 12.4. The number of benzene rings is 1. The Kier molecular flexibility index (Phi) is 5.89. The number of carbonyl (C=O) groups is 1. The fourth-order valence-electron chi connectivity index (χ4n) is 3.91. The van der Waals surface area contributed by atoms with E-state index in [1.165, 1.54) is 0 Å². The number of nitrogens with two attached hydrogens (primary N) is 2. The first kappa shape index (κ1) is 19.8. The average Bonchev–Trinajstić information content (AvgIpc) is 2.86. The van der Waals surface area contributed by atoms with Crippen molar-refractivity contribution in [2.24, 2.45) is 11.5 Å². The number of hydrogen-bond acceptors (Lipinski definition) is 5. The summed E-state index contributed by atoms with van der Waals surface area (Å²) in [6.45, 7) is 6.27. The van der Waals surface area contributed by atoms with Crippen molar-refractivity contribution in [3.8, 4) is 0 Å². The molecule has 0 saturated carbocycles. The molecule has 140 valence electrons. The molecule has 1 saturated heterocycles. The van der Waals surface area contributed by atoms with Crippen LogP contribution in [0.1, 0.15) is 39.2 Å². The van der Waals surface area contributed by atoms with Crippen LogP contribution in [0.4, 0.5) is 0 Å². The molecule has 4 atom stereocenters. The minimum absolute atomic E-state index is 0.116. The molecule has 6 heteroatoms. The average molecular weight is 349 g/mol. The van der Waals surface area contributed by atoms with Crippen LogP contribution in [0.5, 0.6) is 0 Å². The van der Waals surface area contributed by atoms with Gasteiger partial charge in [-0.25, -0.2) is 0 Å². The number of aliphatic hydroxyl groups is 2. The molecule has 1 aromatic rings. The van der Waals surface area contributed by atoms with Crippen LogP contribution in [0.2, 0.25) is 0 Å². The minimum atomic E-state index is -1.09. The maximum absolute atomic E-state index is 12.4. The molecule has 1 amide bonds. The van der Waals surface area contributed by atoms with Crippen molar-refractivity contribution in [1.82, 2.24) is 4.90 Å². The van der Waals surface area contributed by atoms with Crippen LogP contribution < -0.4 is 11.5 Å². The molecule has 6 N–H and O–H groups in total. The number of rotatable bonds is 6. The van der Waals surface area contributed by atoms with Crippen molar-refractivity contribution in [3.63, 3.8) is 0 Å². The van der Waals surface area contributed by atoms with E-state index in [1.807, 2.05) is 56.0 Å². The smallest absolute Gasteiger partial charge is 0.238 e. The Morgan fingerprint density at radius 2 is 1.96 bits per heavy atom. The Labute approximate surface area is 149 Å². The fraction of sp³-hybridized carbons (Fsp3) is 0.632. The van der Waals surface area contributed by atoms with Crippen LogP contribution in [-0.2, 0) is 11.2 Å². The standard InChI is InChI=1S/C19H31N3O3/c1-18(2,3)22-12-14(23)10-19(22,17(21)25)11-16(24)15(20)9-13-7-5-4-6-8-13/h4-8,14-16,23-24H,9-12,20H2,1-3H3,(H2,21,25)/t14-,15-,16+,19+/m0/s1. The van der Waals surface area contributed by atoms with Crippen molar-refractivity contribution in [2.75, 3.05) is 6.54 Å². The number of aliphatic hydroxyl groups excluding tert-OH is 2. The Hall–Kier alpha value is -1.47.